The molecule has 108 valence electrons. The van der Waals surface area contributed by atoms with Crippen LogP contribution in [0.4, 0.5) is 5.69 Å². The van der Waals surface area contributed by atoms with Gasteiger partial charge in [-0.05, 0) is 43.7 Å². The van der Waals surface area contributed by atoms with Crippen molar-refractivity contribution in [2.45, 2.75) is 20.4 Å². The topological polar surface area (TPSA) is 21.3 Å². The maximum atomic E-state index is 5.58. The van der Waals surface area contributed by atoms with E-state index in [4.69, 9.17) is 11.2 Å². The van der Waals surface area contributed by atoms with Crippen LogP contribution >= 0.6 is 15.9 Å². The van der Waals surface area contributed by atoms with Crippen LogP contribution in [0.3, 0.4) is 0 Å². The molecule has 0 fully saturated rings. The van der Waals surface area contributed by atoms with Gasteiger partial charge in [-0.3, -0.25) is 0 Å². The van der Waals surface area contributed by atoms with Crippen LogP contribution < -0.4 is 10.1 Å². The van der Waals surface area contributed by atoms with E-state index in [2.05, 4.69) is 59.2 Å². The molecule has 0 saturated heterocycles. The molecule has 0 aliphatic carbocycles. The highest BCUT2D eigenvalue weighted by Gasteiger charge is 2.06. The van der Waals surface area contributed by atoms with Crippen LogP contribution in [-0.2, 0) is 6.54 Å². The molecule has 2 aromatic carbocycles. The van der Waals surface area contributed by atoms with Crippen LogP contribution in [0.2, 0.25) is 0 Å². The fourth-order valence-electron chi connectivity index (χ4n) is 2.15. The Morgan fingerprint density at radius 2 is 2.00 bits per heavy atom. The number of terminal acetylenes is 1. The van der Waals surface area contributed by atoms with Gasteiger partial charge in [0, 0.05) is 22.3 Å². The second-order valence-electron chi connectivity index (χ2n) is 4.92. The lowest BCUT2D eigenvalue weighted by atomic mass is 10.1. The third-order valence-corrected chi connectivity index (χ3v) is 3.68. The van der Waals surface area contributed by atoms with Gasteiger partial charge >= 0.3 is 0 Å². The molecule has 0 heterocycles. The summed E-state index contributed by atoms with van der Waals surface area (Å²) < 4.78 is 6.60. The molecule has 0 spiro atoms. The van der Waals surface area contributed by atoms with E-state index >= 15 is 0 Å². The van der Waals surface area contributed by atoms with E-state index in [1.165, 1.54) is 11.1 Å². The highest BCUT2D eigenvalue weighted by molar-refractivity contribution is 9.10. The van der Waals surface area contributed by atoms with Crippen molar-refractivity contribution in [3.63, 3.8) is 0 Å². The van der Waals surface area contributed by atoms with Crippen LogP contribution in [0.25, 0.3) is 0 Å². The summed E-state index contributed by atoms with van der Waals surface area (Å²) in [7, 11) is 0. The average molecular weight is 344 g/mol. The lowest BCUT2D eigenvalue weighted by Crippen LogP contribution is -2.05. The van der Waals surface area contributed by atoms with Gasteiger partial charge in [-0.1, -0.05) is 39.5 Å². The molecule has 0 aliphatic rings. The monoisotopic (exact) mass is 343 g/mol. The Labute approximate surface area is 134 Å². The third kappa shape index (κ3) is 4.27. The van der Waals surface area contributed by atoms with Crippen molar-refractivity contribution in [1.29, 1.82) is 0 Å². The lowest BCUT2D eigenvalue weighted by molar-refractivity contribution is 0.366. The average Bonchev–Trinajstić information content (AvgIpc) is 2.45. The molecule has 0 atom stereocenters. The first-order chi connectivity index (χ1) is 10.1. The van der Waals surface area contributed by atoms with E-state index in [0.29, 0.717) is 6.54 Å². The van der Waals surface area contributed by atoms with E-state index in [-0.39, 0.29) is 6.61 Å². The quantitative estimate of drug-likeness (QED) is 0.795. The molecule has 0 radical (unpaired) electrons. The van der Waals surface area contributed by atoms with E-state index in [1.54, 1.807) is 0 Å². The zero-order chi connectivity index (χ0) is 15.2. The maximum Gasteiger partial charge on any atom is 0.148 e. The van der Waals surface area contributed by atoms with Gasteiger partial charge in [0.15, 0.2) is 0 Å². The molecule has 21 heavy (non-hydrogen) atoms. The van der Waals surface area contributed by atoms with Crippen LogP contribution in [0, 0.1) is 26.2 Å². The lowest BCUT2D eigenvalue weighted by Gasteiger charge is -2.14. The zero-order valence-electron chi connectivity index (χ0n) is 12.2. The smallest absolute Gasteiger partial charge is 0.148 e. The van der Waals surface area contributed by atoms with Crippen molar-refractivity contribution in [2.24, 2.45) is 0 Å². The van der Waals surface area contributed by atoms with Crippen molar-refractivity contribution in [2.75, 3.05) is 11.9 Å². The Morgan fingerprint density at radius 1 is 1.19 bits per heavy atom. The Morgan fingerprint density at radius 3 is 2.71 bits per heavy atom. The molecule has 0 saturated carbocycles. The Kier molecular flexibility index (Phi) is 5.30. The van der Waals surface area contributed by atoms with Gasteiger partial charge in [0.1, 0.15) is 12.4 Å². The maximum absolute atomic E-state index is 5.58. The second-order valence-corrected chi connectivity index (χ2v) is 5.83. The van der Waals surface area contributed by atoms with Gasteiger partial charge in [-0.2, -0.15) is 0 Å². The molecular formula is C18H18BrNO. The fraction of sp³-hybridized carbons (Fsp3) is 0.222. The number of anilines is 1. The predicted molar refractivity (Wildman–Crippen MR) is 91.7 cm³/mol. The number of hydrogen-bond acceptors (Lipinski definition) is 2. The minimum absolute atomic E-state index is 0.276. The minimum Gasteiger partial charge on any atom is -0.481 e. The summed E-state index contributed by atoms with van der Waals surface area (Å²) in [5.74, 6) is 3.31. The van der Waals surface area contributed by atoms with Crippen LogP contribution in [0.15, 0.2) is 40.9 Å². The largest absolute Gasteiger partial charge is 0.481 e. The number of rotatable bonds is 5. The summed E-state index contributed by atoms with van der Waals surface area (Å²) in [5.41, 5.74) is 4.69. The second kappa shape index (κ2) is 7.19. The molecule has 3 heteroatoms. The van der Waals surface area contributed by atoms with Crippen LogP contribution in [-0.4, -0.2) is 6.61 Å². The van der Waals surface area contributed by atoms with E-state index < -0.39 is 0 Å². The summed E-state index contributed by atoms with van der Waals surface area (Å²) in [6.45, 7) is 5.16. The Hall–Kier alpha value is -1.92. The van der Waals surface area contributed by atoms with Crippen molar-refractivity contribution in [3.05, 3.63) is 57.6 Å². The normalized spacial score (nSPS) is 10.0. The zero-order valence-corrected chi connectivity index (χ0v) is 13.8. The SMILES string of the molecule is C#CCOc1ccc(Br)cc1CNc1ccc(C)cc1C. The van der Waals surface area contributed by atoms with E-state index in [0.717, 1.165) is 21.5 Å². The summed E-state index contributed by atoms with van der Waals surface area (Å²) in [6, 6.07) is 12.3. The van der Waals surface area contributed by atoms with Gasteiger partial charge < -0.3 is 10.1 Å². The van der Waals surface area contributed by atoms with Crippen molar-refractivity contribution >= 4 is 21.6 Å². The van der Waals surface area contributed by atoms with Gasteiger partial charge in [-0.25, -0.2) is 0 Å². The van der Waals surface area contributed by atoms with Gasteiger partial charge in [0.25, 0.3) is 0 Å². The van der Waals surface area contributed by atoms with E-state index in [9.17, 15) is 0 Å². The Bertz CT molecular complexity index is 673. The Balaban J connectivity index is 2.15. The van der Waals surface area contributed by atoms with E-state index in [1.807, 2.05) is 18.2 Å². The number of benzene rings is 2. The molecule has 2 rings (SSSR count). The first-order valence-electron chi connectivity index (χ1n) is 6.76. The third-order valence-electron chi connectivity index (χ3n) is 3.18. The number of aryl methyl sites for hydroxylation is 2. The van der Waals surface area contributed by atoms with Crippen molar-refractivity contribution in [3.8, 4) is 18.1 Å². The molecule has 0 aliphatic heterocycles. The summed E-state index contributed by atoms with van der Waals surface area (Å²) in [6.07, 6.45) is 5.26. The number of nitrogens with one attached hydrogen (secondary N) is 1. The summed E-state index contributed by atoms with van der Waals surface area (Å²) >= 11 is 3.49. The summed E-state index contributed by atoms with van der Waals surface area (Å²) in [4.78, 5) is 0. The molecule has 0 amide bonds. The van der Waals surface area contributed by atoms with Crippen LogP contribution in [0.5, 0.6) is 5.75 Å². The first kappa shape index (κ1) is 15.5. The highest BCUT2D eigenvalue weighted by Crippen LogP contribution is 2.25. The molecule has 0 bridgehead atoms. The fourth-order valence-corrected chi connectivity index (χ4v) is 2.56. The molecule has 0 unspecified atom stereocenters. The highest BCUT2D eigenvalue weighted by atomic mass is 79.9. The number of halogens is 1. The molecule has 1 N–H and O–H groups in total. The first-order valence-corrected chi connectivity index (χ1v) is 7.55. The molecule has 0 aromatic heterocycles. The van der Waals surface area contributed by atoms with Gasteiger partial charge in [0.05, 0.1) is 0 Å². The minimum atomic E-state index is 0.276. The van der Waals surface area contributed by atoms with Crippen molar-refractivity contribution in [1.82, 2.24) is 0 Å². The molecule has 2 nitrogen and oxygen atoms in total. The standard InChI is InChI=1S/C18H18BrNO/c1-4-9-21-18-8-6-16(19)11-15(18)12-20-17-7-5-13(2)10-14(17)3/h1,5-8,10-11,20H,9,12H2,2-3H3. The van der Waals surface area contributed by atoms with Crippen molar-refractivity contribution < 1.29 is 4.74 Å². The summed E-state index contributed by atoms with van der Waals surface area (Å²) in [5, 5.41) is 3.45. The molecular weight excluding hydrogens is 326 g/mol. The number of ether oxygens (including phenoxy) is 1. The van der Waals surface area contributed by atoms with Crippen LogP contribution in [0.1, 0.15) is 16.7 Å². The number of hydrogen-bond donors (Lipinski definition) is 1. The predicted octanol–water partition coefficient (Wildman–Crippen LogP) is 4.69. The van der Waals surface area contributed by atoms with Gasteiger partial charge in [-0.15, -0.1) is 6.42 Å². The van der Waals surface area contributed by atoms with Gasteiger partial charge in [0.2, 0.25) is 0 Å². The molecule has 2 aromatic rings.